The van der Waals surface area contributed by atoms with Crippen LogP contribution in [0.4, 0.5) is 0 Å². The van der Waals surface area contributed by atoms with Crippen molar-refractivity contribution < 1.29 is 20.4 Å². The average molecular weight is 653 g/mol. The quantitative estimate of drug-likeness (QED) is 0.221. The van der Waals surface area contributed by atoms with Gasteiger partial charge in [-0.05, 0) is 48.3 Å². The van der Waals surface area contributed by atoms with Crippen molar-refractivity contribution in [2.24, 2.45) is 45.5 Å². The molecule has 0 bridgehead atoms. The fourth-order valence-corrected chi connectivity index (χ4v) is 6.15. The number of ether oxygens (including phenoxy) is 2. The van der Waals surface area contributed by atoms with E-state index in [4.69, 9.17) is 19.5 Å². The van der Waals surface area contributed by atoms with Crippen molar-refractivity contribution in [2.75, 3.05) is 0 Å². The van der Waals surface area contributed by atoms with Gasteiger partial charge < -0.3 is 9.47 Å². The standard InChI is InChI=1S/C27H50N2O2.2BrH.Ni/c1-16(2)13-22-26(18(5)6,19(7)8)30-24(28-22)15-25-29-23(14-17(3)4)27(31-25,20(9)10)21(11)12;;;/h16-23H,13-15H2,1-12H3;2*1H;/q;;;+2/p-2/t22-,23-;;;/m1.../s1. The molecule has 0 radical (unpaired) electrons. The van der Waals surface area contributed by atoms with Gasteiger partial charge in [-0.1, -0.05) is 83.1 Å². The van der Waals surface area contributed by atoms with E-state index in [1.54, 1.807) is 0 Å². The molecule has 0 amide bonds. The average Bonchev–Trinajstić information content (AvgIpc) is 3.21. The summed E-state index contributed by atoms with van der Waals surface area (Å²) >= 11 is 6.00. The van der Waals surface area contributed by atoms with Gasteiger partial charge in [-0.15, -0.1) is 0 Å². The zero-order valence-corrected chi connectivity index (χ0v) is 27.7. The van der Waals surface area contributed by atoms with Crippen LogP contribution in [0.1, 0.15) is 102 Å². The molecule has 0 N–H and O–H groups in total. The monoisotopic (exact) mass is 650 g/mol. The van der Waals surface area contributed by atoms with E-state index in [0.717, 1.165) is 24.6 Å². The van der Waals surface area contributed by atoms with Crippen LogP contribution < -0.4 is 0 Å². The molecule has 0 aromatic heterocycles. The van der Waals surface area contributed by atoms with Crippen LogP contribution in [0.5, 0.6) is 0 Å². The minimum atomic E-state index is -0.247. The first-order valence-electron chi connectivity index (χ1n) is 13.0. The van der Waals surface area contributed by atoms with Crippen molar-refractivity contribution in [3.63, 3.8) is 0 Å². The van der Waals surface area contributed by atoms with Gasteiger partial charge in [-0.2, -0.15) is 0 Å². The van der Waals surface area contributed by atoms with Crippen LogP contribution in [0.25, 0.3) is 0 Å². The van der Waals surface area contributed by atoms with E-state index in [9.17, 15) is 0 Å². The van der Waals surface area contributed by atoms with E-state index in [2.05, 4.69) is 112 Å². The SMILES string of the molecule is CC(C)C[C@H]1N=C(CC2=N[C@H](CC(C)C)C(C(C)C)(C(C)C)O2)OC1(C(C)C)C(C)C.[Br][Ni][Br]. The zero-order valence-electron chi connectivity index (χ0n) is 23.5. The fraction of sp³-hybridized carbons (Fsp3) is 0.926. The second-order valence-corrected chi connectivity index (χ2v) is 17.1. The van der Waals surface area contributed by atoms with Gasteiger partial charge in [-0.3, -0.25) is 0 Å². The van der Waals surface area contributed by atoms with Crippen molar-refractivity contribution in [3.05, 3.63) is 0 Å². The van der Waals surface area contributed by atoms with E-state index >= 15 is 0 Å². The normalized spacial score (nSPS) is 23.5. The summed E-state index contributed by atoms with van der Waals surface area (Å²) in [4.78, 5) is 10.3. The maximum atomic E-state index is 6.74. The summed E-state index contributed by atoms with van der Waals surface area (Å²) in [5.74, 6) is 4.37. The zero-order chi connectivity index (χ0) is 26.4. The van der Waals surface area contributed by atoms with Crippen LogP contribution in [0.15, 0.2) is 9.98 Å². The number of nitrogens with zero attached hydrogens (tertiary/aromatic N) is 2. The maximum absolute atomic E-state index is 6.74. The van der Waals surface area contributed by atoms with Crippen molar-refractivity contribution in [2.45, 2.75) is 126 Å². The number of rotatable bonds is 10. The second-order valence-electron chi connectivity index (χ2n) is 12.1. The Bertz CT molecular complexity index is 618. The third-order valence-corrected chi connectivity index (χ3v) is 7.53. The molecule has 0 aromatic rings. The van der Waals surface area contributed by atoms with Gasteiger partial charge in [0.1, 0.15) is 11.2 Å². The van der Waals surface area contributed by atoms with Crippen LogP contribution in [0.3, 0.4) is 0 Å². The van der Waals surface area contributed by atoms with Gasteiger partial charge >= 0.3 is 39.3 Å². The Kier molecular flexibility index (Phi) is 13.2. The summed E-state index contributed by atoms with van der Waals surface area (Å²) in [5, 5.41) is 0. The molecular formula is C27H50Br2N2NiO2. The van der Waals surface area contributed by atoms with E-state index < -0.39 is 0 Å². The summed E-state index contributed by atoms with van der Waals surface area (Å²) in [6.07, 6.45) is 2.67. The van der Waals surface area contributed by atoms with Gasteiger partial charge in [0.15, 0.2) is 11.8 Å². The van der Waals surface area contributed by atoms with Crippen molar-refractivity contribution in [1.82, 2.24) is 0 Å². The second kappa shape index (κ2) is 13.8. The van der Waals surface area contributed by atoms with Crippen LogP contribution in [0, 0.1) is 35.5 Å². The Morgan fingerprint density at radius 1 is 0.647 bits per heavy atom. The summed E-state index contributed by atoms with van der Waals surface area (Å²) < 4.78 is 13.5. The summed E-state index contributed by atoms with van der Waals surface area (Å²) in [5.41, 5.74) is -0.493. The molecule has 0 spiro atoms. The Morgan fingerprint density at radius 3 is 1.12 bits per heavy atom. The molecule has 0 saturated carbocycles. The van der Waals surface area contributed by atoms with Crippen molar-refractivity contribution in [1.29, 1.82) is 0 Å². The van der Waals surface area contributed by atoms with E-state index in [0.29, 0.717) is 41.9 Å². The predicted molar refractivity (Wildman–Crippen MR) is 151 cm³/mol. The molecule has 7 heteroatoms. The van der Waals surface area contributed by atoms with Crippen LogP contribution in [-0.4, -0.2) is 35.1 Å². The third kappa shape index (κ3) is 7.24. The molecule has 2 aliphatic heterocycles. The third-order valence-electron chi connectivity index (χ3n) is 7.53. The summed E-state index contributed by atoms with van der Waals surface area (Å²) in [6.45, 7) is 27.3. The first-order chi connectivity index (χ1) is 15.7. The van der Waals surface area contributed by atoms with Crippen LogP contribution >= 0.6 is 28.5 Å². The Labute approximate surface area is 230 Å². The van der Waals surface area contributed by atoms with Gasteiger partial charge in [-0.25, -0.2) is 9.98 Å². The molecule has 0 saturated heterocycles. The number of aliphatic imine (C=N–C) groups is 2. The van der Waals surface area contributed by atoms with E-state index in [1.807, 2.05) is 0 Å². The fourth-order valence-electron chi connectivity index (χ4n) is 6.15. The molecule has 2 atom stereocenters. The summed E-state index contributed by atoms with van der Waals surface area (Å²) in [7, 11) is 1.25. The molecule has 4 nitrogen and oxygen atoms in total. The molecule has 0 aliphatic carbocycles. The predicted octanol–water partition coefficient (Wildman–Crippen LogP) is 8.85. The van der Waals surface area contributed by atoms with Gasteiger partial charge in [0.2, 0.25) is 0 Å². The first-order valence-corrected chi connectivity index (χ1v) is 17.9. The molecule has 2 rings (SSSR count). The molecule has 0 fully saturated rings. The molecule has 0 unspecified atom stereocenters. The molecule has 0 aromatic carbocycles. The first kappa shape index (κ1) is 32.4. The summed E-state index contributed by atoms with van der Waals surface area (Å²) in [6, 6.07) is 0.381. The molecule has 34 heavy (non-hydrogen) atoms. The molecular weight excluding hydrogens is 603 g/mol. The molecule has 204 valence electrons. The Balaban J connectivity index is 0.00000182. The minimum absolute atomic E-state index is 0.191. The topological polar surface area (TPSA) is 43.2 Å². The van der Waals surface area contributed by atoms with E-state index in [-0.39, 0.29) is 23.3 Å². The molecule has 2 aliphatic rings. The van der Waals surface area contributed by atoms with Crippen molar-refractivity contribution >= 4 is 40.2 Å². The van der Waals surface area contributed by atoms with Gasteiger partial charge in [0.25, 0.3) is 0 Å². The number of hydrogen-bond donors (Lipinski definition) is 0. The molecule has 2 heterocycles. The van der Waals surface area contributed by atoms with Crippen molar-refractivity contribution in [3.8, 4) is 0 Å². The Hall–Kier alpha value is 0.394. The van der Waals surface area contributed by atoms with Gasteiger partial charge in [0, 0.05) is 0 Å². The van der Waals surface area contributed by atoms with E-state index in [1.165, 1.54) is 10.9 Å². The Morgan fingerprint density at radius 2 is 0.912 bits per heavy atom. The van der Waals surface area contributed by atoms with Gasteiger partial charge in [0.05, 0.1) is 18.5 Å². The van der Waals surface area contributed by atoms with Crippen LogP contribution in [0.2, 0.25) is 0 Å². The van der Waals surface area contributed by atoms with Crippen LogP contribution in [-0.2, 0) is 20.4 Å². The number of hydrogen-bond acceptors (Lipinski definition) is 4. The number of halogens is 2.